The molecule has 3 rings (SSSR count). The van der Waals surface area contributed by atoms with Crippen LogP contribution < -0.4 is 9.64 Å². The molecule has 2 aromatic rings. The second-order valence-electron chi connectivity index (χ2n) is 6.53. The van der Waals surface area contributed by atoms with E-state index in [-0.39, 0.29) is 28.3 Å². The van der Waals surface area contributed by atoms with Gasteiger partial charge >= 0.3 is 5.97 Å². The fourth-order valence-corrected chi connectivity index (χ4v) is 5.28. The molecular formula is C20H21IN2O6S. The molecular weight excluding hydrogens is 523 g/mol. The molecule has 160 valence electrons. The second-order valence-corrected chi connectivity index (χ2v) is 9.18. The van der Waals surface area contributed by atoms with Gasteiger partial charge in [0.1, 0.15) is 11.8 Å². The van der Waals surface area contributed by atoms with Crippen LogP contribution in [-0.4, -0.2) is 55.8 Å². The zero-order valence-corrected chi connectivity index (χ0v) is 19.4. The normalized spacial score (nSPS) is 17.0. The lowest BCUT2D eigenvalue weighted by Crippen LogP contribution is -2.50. The van der Waals surface area contributed by atoms with E-state index >= 15 is 0 Å². The number of ether oxygens (including phenoxy) is 2. The molecule has 30 heavy (non-hydrogen) atoms. The van der Waals surface area contributed by atoms with Crippen molar-refractivity contribution in [2.24, 2.45) is 0 Å². The molecule has 0 bridgehead atoms. The number of sulfonamides is 1. The predicted molar refractivity (Wildman–Crippen MR) is 119 cm³/mol. The maximum Gasteiger partial charge on any atom is 0.326 e. The Labute approximate surface area is 188 Å². The van der Waals surface area contributed by atoms with Gasteiger partial charge < -0.3 is 14.4 Å². The predicted octanol–water partition coefficient (Wildman–Crippen LogP) is 2.21. The quantitative estimate of drug-likeness (QED) is 0.326. The highest BCUT2D eigenvalue weighted by atomic mass is 127. The van der Waals surface area contributed by atoms with Crippen molar-refractivity contribution in [1.82, 2.24) is 4.31 Å². The number of rotatable bonds is 5. The van der Waals surface area contributed by atoms with Crippen LogP contribution in [0.1, 0.15) is 5.56 Å². The summed E-state index contributed by atoms with van der Waals surface area (Å²) in [6, 6.07) is 11.8. The van der Waals surface area contributed by atoms with E-state index in [2.05, 4.69) is 0 Å². The fraction of sp³-hybridized carbons (Fsp3) is 0.300. The van der Waals surface area contributed by atoms with E-state index in [0.29, 0.717) is 17.0 Å². The topological polar surface area (TPSA) is 93.2 Å². The summed E-state index contributed by atoms with van der Waals surface area (Å²) < 4.78 is 38.3. The Morgan fingerprint density at radius 2 is 1.77 bits per heavy atom. The number of methoxy groups -OCH3 is 2. The number of hydrogen-bond donors (Lipinski definition) is 0. The molecule has 0 N–H and O–H groups in total. The Kier molecular flexibility index (Phi) is 6.98. The molecule has 0 saturated heterocycles. The van der Waals surface area contributed by atoms with Gasteiger partial charge in [-0.3, -0.25) is 9.59 Å². The molecule has 1 amide bonds. The lowest BCUT2D eigenvalue weighted by Gasteiger charge is -2.29. The minimum atomic E-state index is -4.08. The molecule has 10 heteroatoms. The Morgan fingerprint density at radius 1 is 1.10 bits per heavy atom. The van der Waals surface area contributed by atoms with Crippen LogP contribution in [-0.2, 0) is 30.9 Å². The minimum Gasteiger partial charge on any atom is -0.497 e. The average Bonchev–Trinajstić information content (AvgIpc) is 2.96. The van der Waals surface area contributed by atoms with Crippen molar-refractivity contribution in [1.29, 1.82) is 0 Å². The van der Waals surface area contributed by atoms with Gasteiger partial charge in [-0.2, -0.15) is 4.31 Å². The van der Waals surface area contributed by atoms with Gasteiger partial charge in [0.2, 0.25) is 15.9 Å². The fourth-order valence-electron chi connectivity index (χ4n) is 3.32. The number of benzene rings is 2. The van der Waals surface area contributed by atoms with Gasteiger partial charge in [0.25, 0.3) is 0 Å². The zero-order valence-electron chi connectivity index (χ0n) is 16.4. The maximum absolute atomic E-state index is 13.5. The number of esters is 1. The summed E-state index contributed by atoms with van der Waals surface area (Å²) in [5.74, 6) is -0.440. The molecule has 1 aliphatic heterocycles. The van der Waals surface area contributed by atoms with Crippen LogP contribution in [0.2, 0.25) is 0 Å². The smallest absolute Gasteiger partial charge is 0.326 e. The van der Waals surface area contributed by atoms with E-state index in [1.54, 1.807) is 24.3 Å². The maximum atomic E-state index is 13.5. The second kappa shape index (κ2) is 9.31. The molecule has 0 saturated carbocycles. The number of halogens is 1. The van der Waals surface area contributed by atoms with Crippen molar-refractivity contribution in [2.45, 2.75) is 17.5 Å². The Hall–Kier alpha value is -2.18. The highest BCUT2D eigenvalue weighted by molar-refractivity contribution is 14.1. The van der Waals surface area contributed by atoms with Crippen molar-refractivity contribution in [3.63, 3.8) is 0 Å². The van der Waals surface area contributed by atoms with Crippen LogP contribution in [0.5, 0.6) is 5.75 Å². The zero-order chi connectivity index (χ0) is 21.9. The number of carbonyl (C=O) groups excluding carboxylic acids is 2. The molecule has 0 aromatic heterocycles. The molecule has 0 spiro atoms. The van der Waals surface area contributed by atoms with Crippen LogP contribution in [0, 0.1) is 0 Å². The average molecular weight is 544 g/mol. The van der Waals surface area contributed by atoms with Gasteiger partial charge in [0, 0.05) is 12.2 Å². The van der Waals surface area contributed by atoms with Gasteiger partial charge in [-0.1, -0.05) is 40.8 Å². The Morgan fingerprint density at radius 3 is 2.37 bits per heavy atom. The number of amides is 1. The van der Waals surface area contributed by atoms with E-state index in [4.69, 9.17) is 9.47 Å². The third kappa shape index (κ3) is 4.30. The number of anilines is 1. The SMILES string of the molecule is COC(=O)C1CN(C(=O)CI)c2ccccc2CN1S(=O)(=O)c1ccc(OC)cc1. The molecule has 1 aliphatic rings. The highest BCUT2D eigenvalue weighted by Crippen LogP contribution is 2.32. The lowest BCUT2D eigenvalue weighted by molar-refractivity contribution is -0.144. The molecule has 0 radical (unpaired) electrons. The van der Waals surface area contributed by atoms with Crippen molar-refractivity contribution in [3.05, 3.63) is 54.1 Å². The molecule has 2 aromatic carbocycles. The first-order chi connectivity index (χ1) is 14.3. The van der Waals surface area contributed by atoms with Gasteiger partial charge in [0.15, 0.2) is 0 Å². The number of nitrogens with zero attached hydrogens (tertiary/aromatic N) is 2. The number of para-hydroxylation sites is 1. The first kappa shape index (κ1) is 22.5. The van der Waals surface area contributed by atoms with E-state index in [0.717, 1.165) is 4.31 Å². The number of fused-ring (bicyclic) bond motifs is 1. The van der Waals surface area contributed by atoms with Crippen LogP contribution in [0.15, 0.2) is 53.4 Å². The first-order valence-electron chi connectivity index (χ1n) is 9.01. The summed E-state index contributed by atoms with van der Waals surface area (Å²) in [6.07, 6.45) is 0. The van der Waals surface area contributed by atoms with Crippen LogP contribution in [0.4, 0.5) is 5.69 Å². The monoisotopic (exact) mass is 544 g/mol. The summed E-state index contributed by atoms with van der Waals surface area (Å²) in [5.41, 5.74) is 1.21. The summed E-state index contributed by atoms with van der Waals surface area (Å²) in [6.45, 7) is -0.212. The minimum absolute atomic E-state index is 0.0170. The molecule has 0 fully saturated rings. The number of hydrogen-bond acceptors (Lipinski definition) is 6. The highest BCUT2D eigenvalue weighted by Gasteiger charge is 2.41. The number of alkyl halides is 1. The van der Waals surface area contributed by atoms with Crippen molar-refractivity contribution >= 4 is 50.2 Å². The largest absolute Gasteiger partial charge is 0.497 e. The summed E-state index contributed by atoms with van der Waals surface area (Å²) in [4.78, 5) is 26.7. The molecule has 0 aliphatic carbocycles. The van der Waals surface area contributed by atoms with Gasteiger partial charge in [-0.25, -0.2) is 8.42 Å². The van der Waals surface area contributed by atoms with E-state index in [9.17, 15) is 18.0 Å². The number of carbonyl (C=O) groups is 2. The molecule has 1 unspecified atom stereocenters. The van der Waals surface area contributed by atoms with E-state index < -0.39 is 22.0 Å². The van der Waals surface area contributed by atoms with Crippen molar-refractivity contribution in [3.8, 4) is 5.75 Å². The molecule has 1 heterocycles. The Bertz CT molecular complexity index is 1040. The molecule has 1 atom stereocenters. The van der Waals surface area contributed by atoms with E-state index in [1.807, 2.05) is 22.6 Å². The van der Waals surface area contributed by atoms with Crippen molar-refractivity contribution < 1.29 is 27.5 Å². The van der Waals surface area contributed by atoms with Crippen LogP contribution >= 0.6 is 22.6 Å². The lowest BCUT2D eigenvalue weighted by atomic mass is 10.1. The Balaban J connectivity index is 2.13. The van der Waals surface area contributed by atoms with Gasteiger partial charge in [-0.05, 0) is 35.9 Å². The van der Waals surface area contributed by atoms with Crippen LogP contribution in [0.3, 0.4) is 0 Å². The van der Waals surface area contributed by atoms with Gasteiger partial charge in [-0.15, -0.1) is 0 Å². The first-order valence-corrected chi connectivity index (χ1v) is 12.0. The third-order valence-corrected chi connectivity index (χ3v) is 7.39. The third-order valence-electron chi connectivity index (χ3n) is 4.87. The summed E-state index contributed by atoms with van der Waals surface area (Å²) in [5, 5.41) is 0. The standard InChI is InChI=1S/C20H21IN2O6S/c1-28-15-7-9-16(10-8-15)30(26,27)23-12-14-5-3-4-6-17(14)22(19(24)11-21)13-18(23)20(25)29-2/h3-10,18H,11-13H2,1-2H3. The molecule has 8 nitrogen and oxygen atoms in total. The summed E-state index contributed by atoms with van der Waals surface area (Å²) >= 11 is 1.95. The summed E-state index contributed by atoms with van der Waals surface area (Å²) in [7, 11) is -1.39. The van der Waals surface area contributed by atoms with Gasteiger partial charge in [0.05, 0.1) is 30.1 Å². The van der Waals surface area contributed by atoms with E-state index in [1.165, 1.54) is 43.4 Å². The van der Waals surface area contributed by atoms with Crippen molar-refractivity contribution in [2.75, 3.05) is 30.1 Å². The van der Waals surface area contributed by atoms with Crippen LogP contribution in [0.25, 0.3) is 0 Å².